The van der Waals surface area contributed by atoms with Crippen molar-refractivity contribution in [3.8, 4) is 0 Å². The molecule has 0 bridgehead atoms. The fraction of sp³-hybridized carbons (Fsp3) is 1.00. The van der Waals surface area contributed by atoms with Crippen LogP contribution >= 0.6 is 0 Å². The molecule has 0 radical (unpaired) electrons. The molecular weight excluding hydrogens is 140 g/mol. The molecule has 0 spiro atoms. The third-order valence-electron chi connectivity index (χ3n) is 2.26. The summed E-state index contributed by atoms with van der Waals surface area (Å²) in [4.78, 5) is 0. The standard InChI is InChI=1S/C9H18O2/c1-7-5-4-6-8(11-7)9(2,3)10/h7-8,10H,4-6H2,1-3H3/t7-,8-/m0/s1. The highest BCUT2D eigenvalue weighted by Crippen LogP contribution is 2.26. The summed E-state index contributed by atoms with van der Waals surface area (Å²) in [7, 11) is 0. The quantitative estimate of drug-likeness (QED) is 0.629. The Morgan fingerprint density at radius 2 is 2.00 bits per heavy atom. The first-order valence-corrected chi connectivity index (χ1v) is 4.38. The maximum Gasteiger partial charge on any atom is 0.0860 e. The zero-order valence-corrected chi connectivity index (χ0v) is 7.63. The number of aliphatic hydroxyl groups is 1. The van der Waals surface area contributed by atoms with Gasteiger partial charge in [0.05, 0.1) is 17.8 Å². The van der Waals surface area contributed by atoms with Crippen LogP contribution in [0, 0.1) is 0 Å². The van der Waals surface area contributed by atoms with Gasteiger partial charge in [-0.1, -0.05) is 0 Å². The highest BCUT2D eigenvalue weighted by atomic mass is 16.5. The van der Waals surface area contributed by atoms with Crippen molar-refractivity contribution < 1.29 is 9.84 Å². The van der Waals surface area contributed by atoms with Gasteiger partial charge in [-0.15, -0.1) is 0 Å². The Labute approximate surface area is 68.6 Å². The lowest BCUT2D eigenvalue weighted by Gasteiger charge is -2.35. The maximum atomic E-state index is 9.64. The molecule has 0 aromatic carbocycles. The molecule has 1 N–H and O–H groups in total. The molecule has 0 amide bonds. The Morgan fingerprint density at radius 1 is 1.36 bits per heavy atom. The average Bonchev–Trinajstić information content (AvgIpc) is 1.86. The first kappa shape index (κ1) is 9.01. The minimum absolute atomic E-state index is 0.0336. The SMILES string of the molecule is C[C@H]1CCC[C@@H](C(C)(C)O)O1. The zero-order valence-electron chi connectivity index (χ0n) is 7.63. The first-order valence-electron chi connectivity index (χ1n) is 4.38. The van der Waals surface area contributed by atoms with Gasteiger partial charge in [-0.3, -0.25) is 0 Å². The van der Waals surface area contributed by atoms with Gasteiger partial charge in [-0.05, 0) is 40.0 Å². The Morgan fingerprint density at radius 3 is 2.36 bits per heavy atom. The van der Waals surface area contributed by atoms with Gasteiger partial charge in [0.25, 0.3) is 0 Å². The van der Waals surface area contributed by atoms with Crippen molar-refractivity contribution in [3.63, 3.8) is 0 Å². The lowest BCUT2D eigenvalue weighted by molar-refractivity contribution is -0.136. The van der Waals surface area contributed by atoms with Crippen LogP contribution in [-0.4, -0.2) is 22.9 Å². The molecule has 0 unspecified atom stereocenters. The summed E-state index contributed by atoms with van der Waals surface area (Å²) in [6.07, 6.45) is 3.66. The van der Waals surface area contributed by atoms with Crippen molar-refractivity contribution in [2.75, 3.05) is 0 Å². The third-order valence-corrected chi connectivity index (χ3v) is 2.26. The van der Waals surface area contributed by atoms with E-state index < -0.39 is 5.60 Å². The van der Waals surface area contributed by atoms with Gasteiger partial charge in [0.15, 0.2) is 0 Å². The van der Waals surface area contributed by atoms with Crippen LogP contribution < -0.4 is 0 Å². The summed E-state index contributed by atoms with van der Waals surface area (Å²) >= 11 is 0. The van der Waals surface area contributed by atoms with Crippen molar-refractivity contribution in [1.82, 2.24) is 0 Å². The van der Waals surface area contributed by atoms with Crippen molar-refractivity contribution in [2.24, 2.45) is 0 Å². The monoisotopic (exact) mass is 158 g/mol. The van der Waals surface area contributed by atoms with Crippen molar-refractivity contribution in [1.29, 1.82) is 0 Å². The van der Waals surface area contributed by atoms with E-state index >= 15 is 0 Å². The normalized spacial score (nSPS) is 33.8. The molecule has 2 nitrogen and oxygen atoms in total. The number of rotatable bonds is 1. The van der Waals surface area contributed by atoms with E-state index in [1.54, 1.807) is 0 Å². The summed E-state index contributed by atoms with van der Waals surface area (Å²) in [5, 5.41) is 9.64. The summed E-state index contributed by atoms with van der Waals surface area (Å²) in [5.41, 5.74) is -0.672. The van der Waals surface area contributed by atoms with E-state index in [2.05, 4.69) is 6.92 Å². The summed E-state index contributed by atoms with van der Waals surface area (Å²) < 4.78 is 5.60. The first-order chi connectivity index (χ1) is 5.00. The number of hydrogen-bond acceptors (Lipinski definition) is 2. The molecule has 0 aromatic heterocycles. The van der Waals surface area contributed by atoms with Gasteiger partial charge in [0.1, 0.15) is 0 Å². The van der Waals surface area contributed by atoms with Crippen LogP contribution in [0.5, 0.6) is 0 Å². The second kappa shape index (κ2) is 3.11. The van der Waals surface area contributed by atoms with Crippen LogP contribution in [0.3, 0.4) is 0 Å². The minimum atomic E-state index is -0.672. The van der Waals surface area contributed by atoms with E-state index in [1.165, 1.54) is 6.42 Å². The summed E-state index contributed by atoms with van der Waals surface area (Å²) in [6, 6.07) is 0. The lowest BCUT2D eigenvalue weighted by Crippen LogP contribution is -2.42. The average molecular weight is 158 g/mol. The van der Waals surface area contributed by atoms with E-state index in [9.17, 15) is 5.11 Å². The predicted molar refractivity (Wildman–Crippen MR) is 44.5 cm³/mol. The zero-order chi connectivity index (χ0) is 8.48. The van der Waals surface area contributed by atoms with Crippen molar-refractivity contribution >= 4 is 0 Å². The molecule has 1 aliphatic heterocycles. The Hall–Kier alpha value is -0.0800. The summed E-state index contributed by atoms with van der Waals surface area (Å²) in [5.74, 6) is 0. The molecule has 2 atom stereocenters. The van der Waals surface area contributed by atoms with Crippen LogP contribution in [0.1, 0.15) is 40.0 Å². The predicted octanol–water partition coefficient (Wildman–Crippen LogP) is 1.71. The molecule has 0 aromatic rings. The molecule has 0 saturated carbocycles. The van der Waals surface area contributed by atoms with Crippen LogP contribution in [-0.2, 0) is 4.74 Å². The molecule has 66 valence electrons. The fourth-order valence-corrected chi connectivity index (χ4v) is 1.53. The molecule has 1 saturated heterocycles. The van der Waals surface area contributed by atoms with Gasteiger partial charge in [0.2, 0.25) is 0 Å². The Balaban J connectivity index is 2.46. The Bertz CT molecular complexity index is 126. The highest BCUT2D eigenvalue weighted by molar-refractivity contribution is 4.81. The number of hydrogen-bond donors (Lipinski definition) is 1. The molecular formula is C9H18O2. The van der Waals surface area contributed by atoms with Crippen LogP contribution in [0.25, 0.3) is 0 Å². The van der Waals surface area contributed by atoms with E-state index in [0.29, 0.717) is 6.10 Å². The van der Waals surface area contributed by atoms with E-state index in [-0.39, 0.29) is 6.10 Å². The van der Waals surface area contributed by atoms with E-state index in [4.69, 9.17) is 4.74 Å². The molecule has 2 heteroatoms. The van der Waals surface area contributed by atoms with Gasteiger partial charge < -0.3 is 9.84 Å². The molecule has 1 aliphatic rings. The van der Waals surface area contributed by atoms with Crippen LogP contribution in [0.15, 0.2) is 0 Å². The van der Waals surface area contributed by atoms with E-state index in [1.807, 2.05) is 13.8 Å². The second-order valence-corrected chi connectivity index (χ2v) is 4.02. The third kappa shape index (κ3) is 2.46. The van der Waals surface area contributed by atoms with Gasteiger partial charge in [-0.2, -0.15) is 0 Å². The van der Waals surface area contributed by atoms with Crippen molar-refractivity contribution in [3.05, 3.63) is 0 Å². The fourth-order valence-electron chi connectivity index (χ4n) is 1.53. The highest BCUT2D eigenvalue weighted by Gasteiger charge is 2.31. The minimum Gasteiger partial charge on any atom is -0.388 e. The van der Waals surface area contributed by atoms with Crippen LogP contribution in [0.4, 0.5) is 0 Å². The van der Waals surface area contributed by atoms with E-state index in [0.717, 1.165) is 12.8 Å². The van der Waals surface area contributed by atoms with Crippen LogP contribution in [0.2, 0.25) is 0 Å². The molecule has 1 rings (SSSR count). The van der Waals surface area contributed by atoms with Gasteiger partial charge in [-0.25, -0.2) is 0 Å². The smallest absolute Gasteiger partial charge is 0.0860 e. The largest absolute Gasteiger partial charge is 0.388 e. The maximum absolute atomic E-state index is 9.64. The van der Waals surface area contributed by atoms with Crippen molar-refractivity contribution in [2.45, 2.75) is 57.8 Å². The molecule has 1 heterocycles. The molecule has 1 fully saturated rings. The van der Waals surface area contributed by atoms with Gasteiger partial charge in [0, 0.05) is 0 Å². The van der Waals surface area contributed by atoms with Gasteiger partial charge >= 0.3 is 0 Å². The second-order valence-electron chi connectivity index (χ2n) is 4.02. The molecule has 0 aliphatic carbocycles. The summed E-state index contributed by atoms with van der Waals surface area (Å²) in [6.45, 7) is 5.70. The molecule has 11 heavy (non-hydrogen) atoms. The number of ether oxygens (including phenoxy) is 1. The Kier molecular flexibility index (Phi) is 2.55. The topological polar surface area (TPSA) is 29.5 Å². The lowest BCUT2D eigenvalue weighted by atomic mass is 9.93.